The van der Waals surface area contributed by atoms with Crippen LogP contribution in [0.1, 0.15) is 19.8 Å². The Labute approximate surface area is 124 Å². The number of thioether (sulfide) groups is 1. The zero-order valence-electron chi connectivity index (χ0n) is 12.3. The highest BCUT2D eigenvalue weighted by molar-refractivity contribution is 8.00. The molecular weight excluding hydrogens is 278 g/mol. The summed E-state index contributed by atoms with van der Waals surface area (Å²) in [6.07, 6.45) is 1.99. The Morgan fingerprint density at radius 1 is 1.40 bits per heavy atom. The van der Waals surface area contributed by atoms with Crippen LogP contribution in [0.2, 0.25) is 0 Å². The molecule has 0 saturated carbocycles. The van der Waals surface area contributed by atoms with Gasteiger partial charge in [-0.2, -0.15) is 0 Å². The van der Waals surface area contributed by atoms with Gasteiger partial charge < -0.3 is 14.9 Å². The first-order chi connectivity index (χ1) is 9.41. The second-order valence-electron chi connectivity index (χ2n) is 5.73. The van der Waals surface area contributed by atoms with Gasteiger partial charge in [0.25, 0.3) is 0 Å². The minimum absolute atomic E-state index is 0.0655. The molecule has 2 rings (SSSR count). The van der Waals surface area contributed by atoms with Crippen molar-refractivity contribution in [1.29, 1.82) is 0 Å². The third kappa shape index (κ3) is 3.03. The molecule has 0 spiro atoms. The van der Waals surface area contributed by atoms with Gasteiger partial charge in [-0.15, -0.1) is 11.8 Å². The number of hydrogen-bond acceptors (Lipinski definition) is 4. The molecule has 3 atom stereocenters. The molecule has 2 fully saturated rings. The Morgan fingerprint density at radius 2 is 2.10 bits per heavy atom. The molecule has 20 heavy (non-hydrogen) atoms. The fraction of sp³-hybridized carbons (Fsp3) is 0.846. The van der Waals surface area contributed by atoms with E-state index in [2.05, 4.69) is 4.90 Å². The quantitative estimate of drug-likeness (QED) is 0.842. The largest absolute Gasteiger partial charge is 0.480 e. The maximum absolute atomic E-state index is 12.7. The van der Waals surface area contributed by atoms with Crippen LogP contribution in [0.15, 0.2) is 0 Å². The smallest absolute Gasteiger partial charge is 0.327 e. The van der Waals surface area contributed by atoms with Gasteiger partial charge in [0.15, 0.2) is 0 Å². The number of likely N-dealkylation sites (N-methyl/N-ethyl adjacent to an activating group) is 1. The van der Waals surface area contributed by atoms with Crippen molar-refractivity contribution in [2.45, 2.75) is 37.2 Å². The molecular formula is C13H23N3O3S. The van der Waals surface area contributed by atoms with Crippen LogP contribution in [0, 0.1) is 0 Å². The van der Waals surface area contributed by atoms with Crippen LogP contribution in [-0.4, -0.2) is 82.2 Å². The van der Waals surface area contributed by atoms with Crippen LogP contribution >= 0.6 is 11.8 Å². The number of carbonyl (C=O) groups is 2. The van der Waals surface area contributed by atoms with Gasteiger partial charge >= 0.3 is 12.0 Å². The molecule has 0 aliphatic carbocycles. The third-order valence-corrected chi connectivity index (χ3v) is 5.15. The minimum Gasteiger partial charge on any atom is -0.480 e. The average Bonchev–Trinajstić information content (AvgIpc) is 2.94. The van der Waals surface area contributed by atoms with Crippen molar-refractivity contribution in [2.75, 3.05) is 32.9 Å². The summed E-state index contributed by atoms with van der Waals surface area (Å²) in [5.74, 6) is -0.424. The summed E-state index contributed by atoms with van der Waals surface area (Å²) in [4.78, 5) is 29.5. The maximum Gasteiger partial charge on any atom is 0.327 e. The van der Waals surface area contributed by atoms with Crippen LogP contribution in [-0.2, 0) is 4.79 Å². The third-order valence-electron chi connectivity index (χ3n) is 3.93. The van der Waals surface area contributed by atoms with Crippen molar-refractivity contribution < 1.29 is 14.7 Å². The van der Waals surface area contributed by atoms with Gasteiger partial charge in [-0.25, -0.2) is 9.59 Å². The number of amides is 2. The molecule has 0 aromatic rings. The van der Waals surface area contributed by atoms with Crippen molar-refractivity contribution in [2.24, 2.45) is 0 Å². The molecule has 2 aliphatic heterocycles. The Hall–Kier alpha value is -0.950. The van der Waals surface area contributed by atoms with Gasteiger partial charge in [0.05, 0.1) is 5.37 Å². The number of hydrogen-bond donors (Lipinski definition) is 1. The second kappa shape index (κ2) is 6.22. The van der Waals surface area contributed by atoms with E-state index in [1.54, 1.807) is 4.90 Å². The average molecular weight is 301 g/mol. The Morgan fingerprint density at radius 3 is 2.70 bits per heavy atom. The summed E-state index contributed by atoms with van der Waals surface area (Å²) >= 11 is 1.53. The lowest BCUT2D eigenvalue weighted by Crippen LogP contribution is -2.53. The number of carboxylic acid groups (broad SMARTS) is 1. The molecule has 2 aliphatic rings. The molecule has 1 N–H and O–H groups in total. The van der Waals surface area contributed by atoms with Gasteiger partial charge in [-0.3, -0.25) is 4.90 Å². The Bertz CT molecular complexity index is 391. The predicted octanol–water partition coefficient (Wildman–Crippen LogP) is 0.980. The molecule has 114 valence electrons. The lowest BCUT2D eigenvalue weighted by Gasteiger charge is -2.34. The molecule has 2 heterocycles. The first-order valence-corrected chi connectivity index (χ1v) is 8.04. The predicted molar refractivity (Wildman–Crippen MR) is 78.9 cm³/mol. The maximum atomic E-state index is 12.7. The number of carboxylic acids is 1. The molecule has 3 unspecified atom stereocenters. The lowest BCUT2D eigenvalue weighted by molar-refractivity contribution is -0.141. The minimum atomic E-state index is -0.904. The summed E-state index contributed by atoms with van der Waals surface area (Å²) in [5.41, 5.74) is 0. The van der Waals surface area contributed by atoms with E-state index in [0.29, 0.717) is 5.75 Å². The topological polar surface area (TPSA) is 64.1 Å². The number of likely N-dealkylation sites (tertiary alicyclic amines) is 1. The first-order valence-electron chi connectivity index (χ1n) is 7.00. The molecule has 0 bridgehead atoms. The summed E-state index contributed by atoms with van der Waals surface area (Å²) in [5, 5.41) is 9.20. The zero-order chi connectivity index (χ0) is 14.9. The molecule has 2 amide bonds. The molecule has 6 nitrogen and oxygen atoms in total. The van der Waals surface area contributed by atoms with Crippen LogP contribution in [0.3, 0.4) is 0 Å². The van der Waals surface area contributed by atoms with Crippen LogP contribution < -0.4 is 0 Å². The van der Waals surface area contributed by atoms with Crippen LogP contribution in [0.5, 0.6) is 0 Å². The van der Waals surface area contributed by atoms with E-state index in [9.17, 15) is 14.7 Å². The van der Waals surface area contributed by atoms with Gasteiger partial charge in [-0.1, -0.05) is 0 Å². The van der Waals surface area contributed by atoms with E-state index in [1.165, 1.54) is 11.8 Å². The van der Waals surface area contributed by atoms with Crippen LogP contribution in [0.4, 0.5) is 4.79 Å². The molecule has 2 saturated heterocycles. The zero-order valence-corrected chi connectivity index (χ0v) is 13.1. The molecule has 7 heteroatoms. The van der Waals surface area contributed by atoms with E-state index in [-0.39, 0.29) is 17.4 Å². The van der Waals surface area contributed by atoms with Crippen LogP contribution in [0.25, 0.3) is 0 Å². The molecule has 0 aromatic heterocycles. The van der Waals surface area contributed by atoms with Gasteiger partial charge in [0.2, 0.25) is 0 Å². The normalized spacial score (nSPS) is 30.3. The lowest BCUT2D eigenvalue weighted by atomic mass is 10.2. The standard InChI is InChI=1S/C13H23N3O3S/c1-9-16(11(8-20-9)12(17)18)13(19)15-6-4-5-10(15)7-14(2)3/h9-11H,4-8H2,1-3H3,(H,17,18). The highest BCUT2D eigenvalue weighted by Crippen LogP contribution is 2.31. The van der Waals surface area contributed by atoms with Crippen molar-refractivity contribution in [3.05, 3.63) is 0 Å². The van der Waals surface area contributed by atoms with Crippen molar-refractivity contribution in [3.8, 4) is 0 Å². The summed E-state index contributed by atoms with van der Waals surface area (Å²) in [7, 11) is 3.99. The fourth-order valence-corrected chi connectivity index (χ4v) is 4.13. The number of carbonyl (C=O) groups excluding carboxylic acids is 1. The molecule has 0 radical (unpaired) electrons. The number of nitrogens with zero attached hydrogens (tertiary/aromatic N) is 3. The second-order valence-corrected chi connectivity index (χ2v) is 7.08. The fourth-order valence-electron chi connectivity index (χ4n) is 2.97. The van der Waals surface area contributed by atoms with E-state index in [1.807, 2.05) is 25.9 Å². The summed E-state index contributed by atoms with van der Waals surface area (Å²) in [6.45, 7) is 3.47. The molecule has 0 aromatic carbocycles. The van der Waals surface area contributed by atoms with Gasteiger partial charge in [0.1, 0.15) is 6.04 Å². The van der Waals surface area contributed by atoms with Crippen molar-refractivity contribution >= 4 is 23.8 Å². The van der Waals surface area contributed by atoms with E-state index in [0.717, 1.165) is 25.9 Å². The Kier molecular flexibility index (Phi) is 4.80. The monoisotopic (exact) mass is 301 g/mol. The van der Waals surface area contributed by atoms with Gasteiger partial charge in [-0.05, 0) is 33.9 Å². The summed E-state index contributed by atoms with van der Waals surface area (Å²) < 4.78 is 0. The number of rotatable bonds is 3. The van der Waals surface area contributed by atoms with Crippen molar-refractivity contribution in [1.82, 2.24) is 14.7 Å². The highest BCUT2D eigenvalue weighted by Gasteiger charge is 2.43. The SMILES string of the molecule is CC1SCC(C(=O)O)N1C(=O)N1CCCC1CN(C)C. The highest BCUT2D eigenvalue weighted by atomic mass is 32.2. The van der Waals surface area contributed by atoms with Gasteiger partial charge in [0, 0.05) is 24.9 Å². The number of urea groups is 1. The van der Waals surface area contributed by atoms with E-state index >= 15 is 0 Å². The van der Waals surface area contributed by atoms with Crippen molar-refractivity contribution in [3.63, 3.8) is 0 Å². The summed E-state index contributed by atoms with van der Waals surface area (Å²) in [6, 6.07) is -0.605. The Balaban J connectivity index is 2.10. The number of aliphatic carboxylic acids is 1. The van der Waals surface area contributed by atoms with E-state index < -0.39 is 12.0 Å². The first kappa shape index (κ1) is 15.4. The van der Waals surface area contributed by atoms with E-state index in [4.69, 9.17) is 0 Å².